The van der Waals surface area contributed by atoms with Gasteiger partial charge < -0.3 is 5.11 Å². The Bertz CT molecular complexity index is 360. The highest BCUT2D eigenvalue weighted by Crippen LogP contribution is 2.44. The van der Waals surface area contributed by atoms with Crippen molar-refractivity contribution >= 4 is 0 Å². The van der Waals surface area contributed by atoms with Crippen LogP contribution in [-0.2, 0) is 5.60 Å². The van der Waals surface area contributed by atoms with Crippen LogP contribution in [0.5, 0.6) is 0 Å². The maximum absolute atomic E-state index is 12.9. The van der Waals surface area contributed by atoms with Crippen LogP contribution >= 0.6 is 0 Å². The molecule has 2 heteroatoms. The molecule has 0 bridgehead atoms. The van der Waals surface area contributed by atoms with Gasteiger partial charge in [-0.05, 0) is 42.4 Å². The van der Waals surface area contributed by atoms with Gasteiger partial charge in [0.05, 0.1) is 5.60 Å². The molecule has 0 spiro atoms. The van der Waals surface area contributed by atoms with Crippen molar-refractivity contribution in [3.05, 3.63) is 35.6 Å². The molecule has 1 saturated carbocycles. The van der Waals surface area contributed by atoms with Crippen molar-refractivity contribution in [1.82, 2.24) is 0 Å². The van der Waals surface area contributed by atoms with E-state index >= 15 is 0 Å². The average Bonchev–Trinajstić information content (AvgIpc) is 2.27. The van der Waals surface area contributed by atoms with Crippen LogP contribution in [0.2, 0.25) is 0 Å². The van der Waals surface area contributed by atoms with Crippen molar-refractivity contribution in [3.63, 3.8) is 0 Å². The first kappa shape index (κ1) is 11.6. The van der Waals surface area contributed by atoms with Crippen LogP contribution < -0.4 is 0 Å². The molecule has 0 aromatic heterocycles. The van der Waals surface area contributed by atoms with E-state index in [9.17, 15) is 9.50 Å². The summed E-state index contributed by atoms with van der Waals surface area (Å²) < 4.78 is 12.9. The molecule has 1 aromatic rings. The van der Waals surface area contributed by atoms with Gasteiger partial charge in [-0.3, -0.25) is 0 Å². The number of benzene rings is 1. The second kappa shape index (κ2) is 4.17. The third-order valence-electron chi connectivity index (χ3n) is 4.17. The highest BCUT2D eigenvalue weighted by molar-refractivity contribution is 5.24. The fourth-order valence-electron chi connectivity index (χ4n) is 2.79. The third kappa shape index (κ3) is 1.86. The van der Waals surface area contributed by atoms with Crippen LogP contribution in [0.15, 0.2) is 24.3 Å². The quantitative estimate of drug-likeness (QED) is 0.771. The van der Waals surface area contributed by atoms with E-state index in [0.29, 0.717) is 5.92 Å². The summed E-state index contributed by atoms with van der Waals surface area (Å²) in [5.74, 6) is 0.499. The zero-order chi connectivity index (χ0) is 11.8. The van der Waals surface area contributed by atoms with Crippen LogP contribution in [0.1, 0.15) is 38.7 Å². The molecule has 3 atom stereocenters. The molecule has 1 fully saturated rings. The molecule has 1 aromatic carbocycles. The van der Waals surface area contributed by atoms with Gasteiger partial charge in [-0.25, -0.2) is 4.39 Å². The van der Waals surface area contributed by atoms with Crippen LogP contribution in [0.3, 0.4) is 0 Å². The number of rotatable bonds is 1. The van der Waals surface area contributed by atoms with E-state index in [1.54, 1.807) is 12.1 Å². The molecular weight excluding hydrogens is 203 g/mol. The summed E-state index contributed by atoms with van der Waals surface area (Å²) >= 11 is 0. The molecular formula is C14H19FO. The second-order valence-electron chi connectivity index (χ2n) is 5.09. The van der Waals surface area contributed by atoms with Crippen LogP contribution in [-0.4, -0.2) is 5.11 Å². The minimum Gasteiger partial charge on any atom is -0.385 e. The van der Waals surface area contributed by atoms with Gasteiger partial charge in [0.15, 0.2) is 0 Å². The lowest BCUT2D eigenvalue weighted by Crippen LogP contribution is -2.40. The van der Waals surface area contributed by atoms with Crippen molar-refractivity contribution in [1.29, 1.82) is 0 Å². The van der Waals surface area contributed by atoms with E-state index in [1.165, 1.54) is 18.6 Å². The topological polar surface area (TPSA) is 20.2 Å². The van der Waals surface area contributed by atoms with E-state index in [1.807, 2.05) is 0 Å². The van der Waals surface area contributed by atoms with Crippen LogP contribution in [0, 0.1) is 17.7 Å². The van der Waals surface area contributed by atoms with E-state index in [2.05, 4.69) is 13.8 Å². The van der Waals surface area contributed by atoms with Gasteiger partial charge in [0, 0.05) is 0 Å². The minimum atomic E-state index is -0.772. The summed E-state index contributed by atoms with van der Waals surface area (Å²) in [6, 6.07) is 6.28. The van der Waals surface area contributed by atoms with Crippen molar-refractivity contribution in [2.45, 2.75) is 38.7 Å². The first-order valence-electron chi connectivity index (χ1n) is 6.02. The lowest BCUT2D eigenvalue weighted by Gasteiger charge is -2.42. The van der Waals surface area contributed by atoms with Gasteiger partial charge in [0.1, 0.15) is 5.82 Å². The monoisotopic (exact) mass is 222 g/mol. The fraction of sp³-hybridized carbons (Fsp3) is 0.571. The Balaban J connectivity index is 2.33. The number of hydrogen-bond acceptors (Lipinski definition) is 1. The first-order valence-corrected chi connectivity index (χ1v) is 6.02. The zero-order valence-electron chi connectivity index (χ0n) is 9.91. The van der Waals surface area contributed by atoms with Crippen molar-refractivity contribution in [2.24, 2.45) is 11.8 Å². The summed E-state index contributed by atoms with van der Waals surface area (Å²) in [7, 11) is 0. The minimum absolute atomic E-state index is 0.228. The molecule has 16 heavy (non-hydrogen) atoms. The Labute approximate surface area is 96.3 Å². The Morgan fingerprint density at radius 2 is 1.88 bits per heavy atom. The summed E-state index contributed by atoms with van der Waals surface area (Å²) in [4.78, 5) is 0. The van der Waals surface area contributed by atoms with Crippen molar-refractivity contribution in [3.8, 4) is 0 Å². The maximum Gasteiger partial charge on any atom is 0.123 e. The molecule has 0 saturated heterocycles. The van der Waals surface area contributed by atoms with Gasteiger partial charge in [-0.15, -0.1) is 0 Å². The molecule has 1 aliphatic carbocycles. The fourth-order valence-corrected chi connectivity index (χ4v) is 2.79. The van der Waals surface area contributed by atoms with Gasteiger partial charge in [-0.1, -0.05) is 32.4 Å². The molecule has 0 heterocycles. The normalized spacial score (nSPS) is 35.0. The van der Waals surface area contributed by atoms with Gasteiger partial charge in [0.25, 0.3) is 0 Å². The number of hydrogen-bond donors (Lipinski definition) is 1. The summed E-state index contributed by atoms with van der Waals surface area (Å²) in [5, 5.41) is 10.7. The highest BCUT2D eigenvalue weighted by Gasteiger charge is 2.40. The third-order valence-corrected chi connectivity index (χ3v) is 4.17. The van der Waals surface area contributed by atoms with E-state index in [-0.39, 0.29) is 11.7 Å². The Kier molecular flexibility index (Phi) is 3.02. The maximum atomic E-state index is 12.9. The van der Waals surface area contributed by atoms with Gasteiger partial charge in [0.2, 0.25) is 0 Å². The zero-order valence-corrected chi connectivity index (χ0v) is 9.91. The molecule has 0 radical (unpaired) electrons. The average molecular weight is 222 g/mol. The van der Waals surface area contributed by atoms with Crippen LogP contribution in [0.25, 0.3) is 0 Å². The summed E-state index contributed by atoms with van der Waals surface area (Å²) in [5.41, 5.74) is 0.0821. The molecule has 0 aliphatic heterocycles. The van der Waals surface area contributed by atoms with E-state index in [0.717, 1.165) is 18.4 Å². The smallest absolute Gasteiger partial charge is 0.123 e. The number of halogens is 1. The molecule has 1 aliphatic rings. The predicted octanol–water partition coefficient (Wildman–Crippen LogP) is 3.47. The Hall–Kier alpha value is -0.890. The summed E-state index contributed by atoms with van der Waals surface area (Å²) in [6.45, 7) is 4.27. The summed E-state index contributed by atoms with van der Waals surface area (Å²) in [6.07, 6.45) is 2.99. The van der Waals surface area contributed by atoms with E-state index in [4.69, 9.17) is 0 Å². The molecule has 0 amide bonds. The molecule has 1 nitrogen and oxygen atoms in total. The SMILES string of the molecule is CC1CCCC(O)(c2ccc(F)cc2)C1C. The Morgan fingerprint density at radius 3 is 2.50 bits per heavy atom. The standard InChI is InChI=1S/C14H19FO/c1-10-4-3-9-14(16,11(10)2)12-5-7-13(15)8-6-12/h5-8,10-11,16H,3-4,9H2,1-2H3. The molecule has 1 N–H and O–H groups in total. The second-order valence-corrected chi connectivity index (χ2v) is 5.09. The van der Waals surface area contributed by atoms with Crippen molar-refractivity contribution in [2.75, 3.05) is 0 Å². The van der Waals surface area contributed by atoms with Gasteiger partial charge >= 0.3 is 0 Å². The molecule has 3 unspecified atom stereocenters. The lowest BCUT2D eigenvalue weighted by molar-refractivity contribution is -0.0688. The van der Waals surface area contributed by atoms with Crippen molar-refractivity contribution < 1.29 is 9.50 Å². The Morgan fingerprint density at radius 1 is 1.25 bits per heavy atom. The molecule has 2 rings (SSSR count). The first-order chi connectivity index (χ1) is 7.54. The number of aliphatic hydroxyl groups is 1. The van der Waals surface area contributed by atoms with E-state index < -0.39 is 5.60 Å². The lowest BCUT2D eigenvalue weighted by atomic mass is 9.67. The largest absolute Gasteiger partial charge is 0.385 e. The predicted molar refractivity (Wildman–Crippen MR) is 62.5 cm³/mol. The molecule has 88 valence electrons. The highest BCUT2D eigenvalue weighted by atomic mass is 19.1. The van der Waals surface area contributed by atoms with Crippen LogP contribution in [0.4, 0.5) is 4.39 Å². The van der Waals surface area contributed by atoms with Gasteiger partial charge in [-0.2, -0.15) is 0 Å².